The Morgan fingerprint density at radius 2 is 1.88 bits per heavy atom. The average Bonchev–Trinajstić information content (AvgIpc) is 3.44. The minimum atomic E-state index is -0.726. The van der Waals surface area contributed by atoms with Crippen LogP contribution in [-0.2, 0) is 11.3 Å². The highest BCUT2D eigenvalue weighted by molar-refractivity contribution is 6.06. The average molecular weight is 451 g/mol. The number of aromatic nitrogens is 1. The third-order valence-electron chi connectivity index (χ3n) is 5.72. The molecule has 0 aliphatic carbocycles. The molecule has 0 atom stereocenters. The second-order valence-corrected chi connectivity index (χ2v) is 7.89. The Balaban J connectivity index is 1.70. The fourth-order valence-corrected chi connectivity index (χ4v) is 3.87. The van der Waals surface area contributed by atoms with Gasteiger partial charge in [0.05, 0.1) is 6.07 Å². The second kappa shape index (κ2) is 9.29. The summed E-state index contributed by atoms with van der Waals surface area (Å²) in [6.07, 6.45) is 3.59. The van der Waals surface area contributed by atoms with Crippen LogP contribution in [0.25, 0.3) is 17.0 Å². The number of rotatable bonds is 6. The summed E-state index contributed by atoms with van der Waals surface area (Å²) >= 11 is 0. The predicted octanol–water partition coefficient (Wildman–Crippen LogP) is 2.71. The summed E-state index contributed by atoms with van der Waals surface area (Å²) < 4.78 is 7.08. The number of hydrogen-bond donors (Lipinski definition) is 1. The van der Waals surface area contributed by atoms with Crippen LogP contribution in [0.4, 0.5) is 5.88 Å². The molecule has 0 bridgehead atoms. The molecule has 2 amide bonds. The Kier molecular flexibility index (Phi) is 6.27. The van der Waals surface area contributed by atoms with Gasteiger partial charge in [0.1, 0.15) is 10.6 Å². The molecule has 1 aliphatic rings. The molecule has 1 saturated heterocycles. The maximum absolute atomic E-state index is 13.4. The second-order valence-electron chi connectivity index (χ2n) is 7.89. The first-order valence-electron chi connectivity index (χ1n) is 10.7. The molecule has 0 saturated carbocycles. The van der Waals surface area contributed by atoms with Crippen molar-refractivity contribution in [3.8, 4) is 0 Å². The lowest BCUT2D eigenvalue weighted by molar-refractivity contribution is -0.402. The molecular formula is C23H25N5O5. The normalized spacial score (nSPS) is 15.1. The molecule has 1 N–H and O–H groups in total. The number of nitrogens with one attached hydrogen (secondary N) is 1. The number of benzene rings is 1. The van der Waals surface area contributed by atoms with Crippen LogP contribution in [0.15, 0.2) is 52.7 Å². The number of fused-ring (bicyclic) bond motifs is 1. The third-order valence-corrected chi connectivity index (χ3v) is 5.72. The molecule has 0 unspecified atom stereocenters. The van der Waals surface area contributed by atoms with Gasteiger partial charge in [0.15, 0.2) is 5.76 Å². The highest BCUT2D eigenvalue weighted by atomic mass is 16.6. The zero-order chi connectivity index (χ0) is 23.5. The van der Waals surface area contributed by atoms with E-state index in [1.807, 2.05) is 44.4 Å². The van der Waals surface area contributed by atoms with Crippen molar-refractivity contribution in [2.24, 2.45) is 0 Å². The van der Waals surface area contributed by atoms with Gasteiger partial charge >= 0.3 is 5.88 Å². The first-order valence-corrected chi connectivity index (χ1v) is 10.7. The lowest BCUT2D eigenvalue weighted by Crippen LogP contribution is -2.49. The van der Waals surface area contributed by atoms with Crippen LogP contribution in [0.5, 0.6) is 0 Å². The van der Waals surface area contributed by atoms with Crippen molar-refractivity contribution in [3.05, 3.63) is 69.7 Å². The number of nitrogens with zero attached hydrogens (tertiary/aromatic N) is 4. The molecule has 3 heterocycles. The van der Waals surface area contributed by atoms with Crippen LogP contribution < -0.4 is 5.32 Å². The van der Waals surface area contributed by atoms with Crippen molar-refractivity contribution in [1.29, 1.82) is 0 Å². The molecule has 1 aromatic carbocycles. The van der Waals surface area contributed by atoms with Gasteiger partial charge in [0.25, 0.3) is 11.8 Å². The lowest BCUT2D eigenvalue weighted by atomic mass is 10.1. The molecule has 1 fully saturated rings. The Labute approximate surface area is 190 Å². The number of furan rings is 1. The molecular weight excluding hydrogens is 426 g/mol. The van der Waals surface area contributed by atoms with Gasteiger partial charge in [0.2, 0.25) is 0 Å². The summed E-state index contributed by atoms with van der Waals surface area (Å²) in [5, 5.41) is 14.5. The number of piperazine rings is 1. The topological polar surface area (TPSA) is 114 Å². The maximum Gasteiger partial charge on any atom is 0.433 e. The van der Waals surface area contributed by atoms with Crippen LogP contribution in [0.2, 0.25) is 0 Å². The van der Waals surface area contributed by atoms with Gasteiger partial charge in [-0.3, -0.25) is 19.7 Å². The van der Waals surface area contributed by atoms with E-state index >= 15 is 0 Å². The highest BCUT2D eigenvalue weighted by Crippen LogP contribution is 2.24. The number of para-hydroxylation sites is 1. The van der Waals surface area contributed by atoms with Crippen molar-refractivity contribution in [1.82, 2.24) is 19.7 Å². The number of likely N-dealkylation sites (N-methyl/N-ethyl adjacent to an activating group) is 1. The van der Waals surface area contributed by atoms with Crippen LogP contribution in [-0.4, -0.2) is 64.3 Å². The van der Waals surface area contributed by atoms with E-state index in [0.717, 1.165) is 42.2 Å². The van der Waals surface area contributed by atoms with E-state index in [2.05, 4.69) is 14.8 Å². The number of carbonyl (C=O) groups is 2. The van der Waals surface area contributed by atoms with Gasteiger partial charge in [-0.15, -0.1) is 0 Å². The molecule has 3 aromatic rings. The monoisotopic (exact) mass is 451 g/mol. The van der Waals surface area contributed by atoms with Crippen molar-refractivity contribution in [3.63, 3.8) is 0 Å². The largest absolute Gasteiger partial charge is 0.433 e. The quantitative estimate of drug-likeness (QED) is 0.350. The Morgan fingerprint density at radius 1 is 1.15 bits per heavy atom. The number of hydrogen-bond acceptors (Lipinski definition) is 6. The van der Waals surface area contributed by atoms with E-state index in [9.17, 15) is 19.7 Å². The van der Waals surface area contributed by atoms with E-state index in [1.54, 1.807) is 11.0 Å². The van der Waals surface area contributed by atoms with Crippen LogP contribution in [0.3, 0.4) is 0 Å². The van der Waals surface area contributed by atoms with Gasteiger partial charge in [0, 0.05) is 55.4 Å². The number of carbonyl (C=O) groups excluding carboxylic acids is 2. The zero-order valence-corrected chi connectivity index (χ0v) is 18.5. The minimum Gasteiger partial charge on any atom is -0.395 e. The van der Waals surface area contributed by atoms with E-state index in [-0.39, 0.29) is 17.4 Å². The van der Waals surface area contributed by atoms with Gasteiger partial charge in [-0.05, 0) is 32.2 Å². The molecule has 0 spiro atoms. The lowest BCUT2D eigenvalue weighted by Gasteiger charge is -2.32. The van der Waals surface area contributed by atoms with Crippen molar-refractivity contribution in [2.45, 2.75) is 13.5 Å². The third kappa shape index (κ3) is 4.65. The maximum atomic E-state index is 13.4. The summed E-state index contributed by atoms with van der Waals surface area (Å²) in [6.45, 7) is 5.30. The molecule has 10 heteroatoms. The van der Waals surface area contributed by atoms with E-state index in [1.165, 1.54) is 6.07 Å². The summed E-state index contributed by atoms with van der Waals surface area (Å²) in [7, 11) is 1.99. The summed E-state index contributed by atoms with van der Waals surface area (Å²) in [4.78, 5) is 40.2. The van der Waals surface area contributed by atoms with E-state index in [4.69, 9.17) is 4.42 Å². The first-order chi connectivity index (χ1) is 15.9. The Hall–Kier alpha value is -3.92. The number of amides is 2. The molecule has 33 heavy (non-hydrogen) atoms. The van der Waals surface area contributed by atoms with Crippen molar-refractivity contribution >= 4 is 34.7 Å². The summed E-state index contributed by atoms with van der Waals surface area (Å²) in [5.41, 5.74) is 1.89. The molecule has 1 aliphatic heterocycles. The zero-order valence-electron chi connectivity index (χ0n) is 18.5. The van der Waals surface area contributed by atoms with Crippen molar-refractivity contribution < 1.29 is 18.9 Å². The van der Waals surface area contributed by atoms with Gasteiger partial charge < -0.3 is 24.1 Å². The smallest absolute Gasteiger partial charge is 0.395 e. The van der Waals surface area contributed by atoms with Gasteiger partial charge in [-0.2, -0.15) is 0 Å². The van der Waals surface area contributed by atoms with Crippen LogP contribution in [0.1, 0.15) is 23.0 Å². The first kappa shape index (κ1) is 22.3. The van der Waals surface area contributed by atoms with Gasteiger partial charge in [-0.1, -0.05) is 18.2 Å². The SMILES string of the molecule is CCn1cc(C=C(NC(=O)c2ccc([N+](=O)[O-])o2)C(=O)N2CCN(C)CC2)c2ccccc21. The molecule has 4 rings (SSSR count). The standard InChI is InChI=1S/C23H25N5O5/c1-3-26-15-16(17-6-4-5-7-19(17)26)14-18(23(30)27-12-10-25(2)11-13-27)24-22(29)20-8-9-21(33-20)28(31)32/h4-9,14-15H,3,10-13H2,1-2H3,(H,24,29). The van der Waals surface area contributed by atoms with E-state index < -0.39 is 16.7 Å². The summed E-state index contributed by atoms with van der Waals surface area (Å²) in [6, 6.07) is 10.2. The highest BCUT2D eigenvalue weighted by Gasteiger charge is 2.26. The van der Waals surface area contributed by atoms with E-state index in [0.29, 0.717) is 13.1 Å². The molecule has 2 aromatic heterocycles. The minimum absolute atomic E-state index is 0.0858. The molecule has 172 valence electrons. The van der Waals surface area contributed by atoms with Crippen molar-refractivity contribution in [2.75, 3.05) is 33.2 Å². The molecule has 0 radical (unpaired) electrons. The Bertz CT molecular complexity index is 1230. The number of aryl methyl sites for hydroxylation is 1. The fourth-order valence-electron chi connectivity index (χ4n) is 3.87. The van der Waals surface area contributed by atoms with Gasteiger partial charge in [-0.25, -0.2) is 0 Å². The summed E-state index contributed by atoms with van der Waals surface area (Å²) in [5.74, 6) is -1.82. The predicted molar refractivity (Wildman–Crippen MR) is 122 cm³/mol. The Morgan fingerprint density at radius 3 is 2.55 bits per heavy atom. The molecule has 10 nitrogen and oxygen atoms in total. The van der Waals surface area contributed by atoms with Crippen LogP contribution >= 0.6 is 0 Å². The van der Waals surface area contributed by atoms with Crippen LogP contribution in [0, 0.1) is 10.1 Å². The fraction of sp³-hybridized carbons (Fsp3) is 0.304. The number of nitro groups is 1.